The summed E-state index contributed by atoms with van der Waals surface area (Å²) in [5.74, 6) is -0.0362. The molecule has 1 aromatic rings. The zero-order valence-electron chi connectivity index (χ0n) is 15.1. The Bertz CT molecular complexity index is 549. The van der Waals surface area contributed by atoms with Crippen molar-refractivity contribution < 1.29 is 9.59 Å². The van der Waals surface area contributed by atoms with Gasteiger partial charge in [-0.2, -0.15) is 0 Å². The number of likely N-dealkylation sites (tertiary alicyclic amines) is 1. The van der Waals surface area contributed by atoms with Gasteiger partial charge in [-0.3, -0.25) is 14.5 Å². The predicted molar refractivity (Wildman–Crippen MR) is 101 cm³/mol. The minimum Gasteiger partial charge on any atom is -0.328 e. The van der Waals surface area contributed by atoms with Gasteiger partial charge in [0.15, 0.2) is 0 Å². The minimum atomic E-state index is -0.0461. The van der Waals surface area contributed by atoms with Gasteiger partial charge in [0.05, 0.1) is 6.54 Å². The molecule has 1 atom stereocenters. The average Bonchev–Trinajstić information content (AvgIpc) is 2.83. The van der Waals surface area contributed by atoms with Gasteiger partial charge in [0.25, 0.3) is 0 Å². The van der Waals surface area contributed by atoms with Crippen LogP contribution in [0.5, 0.6) is 0 Å². The van der Waals surface area contributed by atoms with Crippen LogP contribution in [-0.2, 0) is 9.59 Å². The molecule has 1 unspecified atom stereocenters. The van der Waals surface area contributed by atoms with E-state index in [2.05, 4.69) is 15.5 Å². The molecular formula is C19H30N4O2. The molecule has 6 heteroatoms. The Hall–Kier alpha value is -1.92. The number of hydrogen-bond acceptors (Lipinski definition) is 4. The Morgan fingerprint density at radius 1 is 1.00 bits per heavy atom. The van der Waals surface area contributed by atoms with Crippen molar-refractivity contribution in [2.45, 2.75) is 51.5 Å². The van der Waals surface area contributed by atoms with Crippen molar-refractivity contribution in [3.63, 3.8) is 0 Å². The van der Waals surface area contributed by atoms with Crippen molar-refractivity contribution in [2.75, 3.05) is 30.3 Å². The smallest absolute Gasteiger partial charge is 0.238 e. The Morgan fingerprint density at radius 2 is 1.52 bits per heavy atom. The molecule has 1 fully saturated rings. The quantitative estimate of drug-likeness (QED) is 0.708. The van der Waals surface area contributed by atoms with E-state index in [1.54, 1.807) is 12.1 Å². The highest BCUT2D eigenvalue weighted by molar-refractivity contribution is 5.93. The fourth-order valence-electron chi connectivity index (χ4n) is 2.92. The summed E-state index contributed by atoms with van der Waals surface area (Å²) in [6.07, 6.45) is 5.93. The van der Waals surface area contributed by atoms with Crippen molar-refractivity contribution >= 4 is 23.2 Å². The lowest BCUT2D eigenvalue weighted by Gasteiger charge is -2.19. The van der Waals surface area contributed by atoms with Crippen LogP contribution in [-0.4, -0.2) is 42.4 Å². The highest BCUT2D eigenvalue weighted by Gasteiger charge is 2.13. The van der Waals surface area contributed by atoms with Gasteiger partial charge in [0.2, 0.25) is 11.8 Å². The Kier molecular flexibility index (Phi) is 7.88. The van der Waals surface area contributed by atoms with Crippen LogP contribution in [0.4, 0.5) is 11.4 Å². The van der Waals surface area contributed by atoms with Gasteiger partial charge in [-0.25, -0.2) is 0 Å². The topological polar surface area (TPSA) is 87.5 Å². The molecule has 0 spiro atoms. The third-order valence-corrected chi connectivity index (χ3v) is 4.35. The lowest BCUT2D eigenvalue weighted by molar-refractivity contribution is -0.117. The molecule has 1 aromatic carbocycles. The Morgan fingerprint density at radius 3 is 2.04 bits per heavy atom. The van der Waals surface area contributed by atoms with Crippen LogP contribution in [0.15, 0.2) is 24.3 Å². The molecule has 0 saturated carbocycles. The molecule has 1 aliphatic heterocycles. The minimum absolute atomic E-state index is 0.00983. The number of carbonyl (C=O) groups excluding carboxylic acids is 2. The summed E-state index contributed by atoms with van der Waals surface area (Å²) in [4.78, 5) is 26.2. The first-order valence-corrected chi connectivity index (χ1v) is 9.20. The molecule has 6 nitrogen and oxygen atoms in total. The molecule has 1 heterocycles. The molecule has 2 amide bonds. The van der Waals surface area contributed by atoms with E-state index in [-0.39, 0.29) is 17.9 Å². The lowest BCUT2D eigenvalue weighted by Crippen LogP contribution is -2.33. The van der Waals surface area contributed by atoms with E-state index in [1.807, 2.05) is 19.1 Å². The molecule has 0 bridgehead atoms. The van der Waals surface area contributed by atoms with Crippen LogP contribution >= 0.6 is 0 Å². The first-order chi connectivity index (χ1) is 12.0. The summed E-state index contributed by atoms with van der Waals surface area (Å²) >= 11 is 0. The van der Waals surface area contributed by atoms with Crippen molar-refractivity contribution in [1.29, 1.82) is 0 Å². The largest absolute Gasteiger partial charge is 0.328 e. The molecule has 25 heavy (non-hydrogen) atoms. The third-order valence-electron chi connectivity index (χ3n) is 4.35. The van der Waals surface area contributed by atoms with Gasteiger partial charge in [0.1, 0.15) is 0 Å². The molecule has 1 aliphatic rings. The van der Waals surface area contributed by atoms with Crippen molar-refractivity contribution in [1.82, 2.24) is 4.90 Å². The number of amides is 2. The SMILES string of the molecule is CC(N)CCC(=O)Nc1ccc(NC(=O)CN2CCCCCC2)cc1. The van der Waals surface area contributed by atoms with E-state index in [1.165, 1.54) is 25.7 Å². The average molecular weight is 346 g/mol. The fourth-order valence-corrected chi connectivity index (χ4v) is 2.92. The van der Waals surface area contributed by atoms with Gasteiger partial charge in [-0.15, -0.1) is 0 Å². The van der Waals surface area contributed by atoms with Gasteiger partial charge in [0, 0.05) is 23.8 Å². The van der Waals surface area contributed by atoms with Crippen LogP contribution in [0.25, 0.3) is 0 Å². The van der Waals surface area contributed by atoms with Crippen molar-refractivity contribution in [3.8, 4) is 0 Å². The Balaban J connectivity index is 1.77. The van der Waals surface area contributed by atoms with Gasteiger partial charge >= 0.3 is 0 Å². The summed E-state index contributed by atoms with van der Waals surface area (Å²) < 4.78 is 0. The summed E-state index contributed by atoms with van der Waals surface area (Å²) in [5.41, 5.74) is 7.12. The fraction of sp³-hybridized carbons (Fsp3) is 0.579. The molecule has 4 N–H and O–H groups in total. The maximum atomic E-state index is 12.2. The molecule has 1 saturated heterocycles. The number of hydrogen-bond donors (Lipinski definition) is 3. The van der Waals surface area contributed by atoms with Gasteiger partial charge in [-0.05, 0) is 63.5 Å². The van der Waals surface area contributed by atoms with Crippen LogP contribution < -0.4 is 16.4 Å². The summed E-state index contributed by atoms with van der Waals surface area (Å²) in [5, 5.41) is 5.76. The zero-order chi connectivity index (χ0) is 18.1. The van der Waals surface area contributed by atoms with E-state index in [9.17, 15) is 9.59 Å². The number of nitrogens with two attached hydrogens (primary N) is 1. The van der Waals surface area contributed by atoms with Crippen LogP contribution in [0, 0.1) is 0 Å². The van der Waals surface area contributed by atoms with E-state index in [0.29, 0.717) is 19.4 Å². The summed E-state index contributed by atoms with van der Waals surface area (Å²) in [6.45, 7) is 4.33. The first-order valence-electron chi connectivity index (χ1n) is 9.20. The first kappa shape index (κ1) is 19.4. The predicted octanol–water partition coefficient (Wildman–Crippen LogP) is 2.57. The molecule has 138 valence electrons. The molecule has 0 aliphatic carbocycles. The highest BCUT2D eigenvalue weighted by atomic mass is 16.2. The second-order valence-corrected chi connectivity index (χ2v) is 6.88. The maximum Gasteiger partial charge on any atom is 0.238 e. The third kappa shape index (κ3) is 7.67. The van der Waals surface area contributed by atoms with E-state index in [0.717, 1.165) is 24.5 Å². The number of nitrogens with one attached hydrogen (secondary N) is 2. The van der Waals surface area contributed by atoms with Gasteiger partial charge in [-0.1, -0.05) is 12.8 Å². The van der Waals surface area contributed by atoms with Crippen LogP contribution in [0.3, 0.4) is 0 Å². The van der Waals surface area contributed by atoms with Crippen LogP contribution in [0.2, 0.25) is 0 Å². The number of carbonyl (C=O) groups is 2. The maximum absolute atomic E-state index is 12.2. The molecule has 2 rings (SSSR count). The zero-order valence-corrected chi connectivity index (χ0v) is 15.1. The number of anilines is 2. The van der Waals surface area contributed by atoms with Crippen molar-refractivity contribution in [3.05, 3.63) is 24.3 Å². The molecule has 0 aromatic heterocycles. The van der Waals surface area contributed by atoms with E-state index < -0.39 is 0 Å². The summed E-state index contributed by atoms with van der Waals surface area (Å²) in [6, 6.07) is 7.23. The number of rotatable bonds is 7. The lowest BCUT2D eigenvalue weighted by atomic mass is 10.2. The second kappa shape index (κ2) is 10.2. The normalized spacial score (nSPS) is 16.7. The highest BCUT2D eigenvalue weighted by Crippen LogP contribution is 2.15. The molecule has 0 radical (unpaired) electrons. The second-order valence-electron chi connectivity index (χ2n) is 6.88. The van der Waals surface area contributed by atoms with Gasteiger partial charge < -0.3 is 16.4 Å². The number of nitrogens with zero attached hydrogens (tertiary/aromatic N) is 1. The molecular weight excluding hydrogens is 316 g/mol. The summed E-state index contributed by atoms with van der Waals surface area (Å²) in [7, 11) is 0. The van der Waals surface area contributed by atoms with E-state index in [4.69, 9.17) is 5.73 Å². The monoisotopic (exact) mass is 346 g/mol. The van der Waals surface area contributed by atoms with Crippen LogP contribution in [0.1, 0.15) is 45.4 Å². The van der Waals surface area contributed by atoms with E-state index >= 15 is 0 Å². The Labute approximate surface area is 150 Å². The standard InChI is InChI=1S/C19H30N4O2/c1-15(20)6-11-18(24)21-16-7-9-17(10-8-16)22-19(25)14-23-12-4-2-3-5-13-23/h7-10,15H,2-6,11-14,20H2,1H3,(H,21,24)(H,22,25). The number of benzene rings is 1. The van der Waals surface area contributed by atoms with Crippen molar-refractivity contribution in [2.24, 2.45) is 5.73 Å².